The number of carbonyl (C=O) groups excluding carboxylic acids is 1. The molecule has 0 unspecified atom stereocenters. The Morgan fingerprint density at radius 3 is 2.84 bits per heavy atom. The standard InChI is InChI=1S/C26H36N4O/c31-25-10-4-9-23-19-13-20(24(30(23)25)12-18-6-2-1-3-7-18)16-29(15-19)17-21-14-28-26-22(21)8-5-11-27-26/h5,8,11,14,18-20,23-24H,1-4,6-7,9-10,12-13,15-17H2,(H,27,28)/t19-,20+,23+,24+/m1/s1. The van der Waals surface area contributed by atoms with E-state index in [0.29, 0.717) is 29.8 Å². The van der Waals surface area contributed by atoms with Crippen LogP contribution in [0.3, 0.4) is 0 Å². The second-order valence-corrected chi connectivity index (χ2v) is 10.7. The van der Waals surface area contributed by atoms with Crippen LogP contribution in [-0.4, -0.2) is 50.8 Å². The maximum atomic E-state index is 13.1. The van der Waals surface area contributed by atoms with E-state index in [0.717, 1.165) is 44.0 Å². The molecule has 1 N–H and O–H groups in total. The van der Waals surface area contributed by atoms with Gasteiger partial charge in [0, 0.05) is 55.9 Å². The first-order chi connectivity index (χ1) is 15.3. The number of rotatable bonds is 4. The monoisotopic (exact) mass is 420 g/mol. The van der Waals surface area contributed by atoms with Crippen LogP contribution in [0.25, 0.3) is 11.0 Å². The van der Waals surface area contributed by atoms with Crippen molar-refractivity contribution in [1.29, 1.82) is 0 Å². The zero-order valence-corrected chi connectivity index (χ0v) is 18.6. The van der Waals surface area contributed by atoms with E-state index in [9.17, 15) is 4.79 Å². The van der Waals surface area contributed by atoms with Crippen molar-refractivity contribution in [2.45, 2.75) is 82.8 Å². The number of carbonyl (C=O) groups is 1. The summed E-state index contributed by atoms with van der Waals surface area (Å²) in [5, 5.41) is 1.26. The number of aromatic nitrogens is 2. The van der Waals surface area contributed by atoms with Crippen molar-refractivity contribution in [3.05, 3.63) is 30.1 Å². The lowest BCUT2D eigenvalue weighted by atomic mass is 9.69. The summed E-state index contributed by atoms with van der Waals surface area (Å²) in [5.41, 5.74) is 2.36. The highest BCUT2D eigenvalue weighted by Gasteiger charge is 2.49. The van der Waals surface area contributed by atoms with Gasteiger partial charge in [-0.3, -0.25) is 9.69 Å². The van der Waals surface area contributed by atoms with Gasteiger partial charge in [-0.15, -0.1) is 0 Å². The van der Waals surface area contributed by atoms with Crippen LogP contribution in [-0.2, 0) is 11.3 Å². The first kappa shape index (κ1) is 19.8. The lowest BCUT2D eigenvalue weighted by molar-refractivity contribution is -0.154. The Labute approximate surface area is 185 Å². The quantitative estimate of drug-likeness (QED) is 0.778. The van der Waals surface area contributed by atoms with Gasteiger partial charge in [-0.2, -0.15) is 0 Å². The smallest absolute Gasteiger partial charge is 0.223 e. The minimum absolute atomic E-state index is 0.461. The number of pyridine rings is 1. The summed E-state index contributed by atoms with van der Waals surface area (Å²) in [6, 6.07) is 5.19. The van der Waals surface area contributed by atoms with Gasteiger partial charge in [-0.05, 0) is 61.1 Å². The van der Waals surface area contributed by atoms with E-state index < -0.39 is 0 Å². The van der Waals surface area contributed by atoms with Crippen molar-refractivity contribution in [1.82, 2.24) is 19.8 Å². The van der Waals surface area contributed by atoms with Crippen LogP contribution in [0, 0.1) is 17.8 Å². The molecule has 3 saturated heterocycles. The third-order valence-corrected chi connectivity index (χ3v) is 8.80. The molecule has 2 aromatic rings. The van der Waals surface area contributed by atoms with Gasteiger partial charge < -0.3 is 9.88 Å². The number of piperidine rings is 3. The fourth-order valence-corrected chi connectivity index (χ4v) is 7.45. The number of fused-ring (bicyclic) bond motifs is 5. The molecule has 0 aromatic carbocycles. The average molecular weight is 421 g/mol. The molecule has 166 valence electrons. The number of H-pyrrole nitrogens is 1. The second-order valence-electron chi connectivity index (χ2n) is 10.7. The predicted octanol–water partition coefficient (Wildman–Crippen LogP) is 4.73. The van der Waals surface area contributed by atoms with E-state index in [1.807, 2.05) is 12.3 Å². The van der Waals surface area contributed by atoms with E-state index >= 15 is 0 Å². The van der Waals surface area contributed by atoms with Gasteiger partial charge in [0.05, 0.1) is 0 Å². The van der Waals surface area contributed by atoms with Gasteiger partial charge in [0.2, 0.25) is 5.91 Å². The summed E-state index contributed by atoms with van der Waals surface area (Å²) in [4.78, 5) is 26.0. The van der Waals surface area contributed by atoms with Crippen LogP contribution in [0.4, 0.5) is 0 Å². The molecule has 0 spiro atoms. The number of hydrogen-bond donors (Lipinski definition) is 1. The Morgan fingerprint density at radius 2 is 1.94 bits per heavy atom. The molecular weight excluding hydrogens is 384 g/mol. The molecule has 5 heteroatoms. The maximum absolute atomic E-state index is 13.1. The molecule has 4 fully saturated rings. The third-order valence-electron chi connectivity index (χ3n) is 8.80. The lowest BCUT2D eigenvalue weighted by Crippen LogP contribution is -2.65. The first-order valence-electron chi connectivity index (χ1n) is 12.7. The number of hydrogen-bond acceptors (Lipinski definition) is 3. The Balaban J connectivity index is 1.25. The number of nitrogens with zero attached hydrogens (tertiary/aromatic N) is 3. The number of likely N-dealkylation sites (tertiary alicyclic amines) is 1. The van der Waals surface area contributed by atoms with Gasteiger partial charge in [-0.25, -0.2) is 4.98 Å². The number of aromatic amines is 1. The fraction of sp³-hybridized carbons (Fsp3) is 0.692. The van der Waals surface area contributed by atoms with E-state index in [4.69, 9.17) is 0 Å². The summed E-state index contributed by atoms with van der Waals surface area (Å²) in [5.74, 6) is 2.58. The predicted molar refractivity (Wildman–Crippen MR) is 122 cm³/mol. The van der Waals surface area contributed by atoms with Crippen LogP contribution in [0.1, 0.15) is 69.8 Å². The topological polar surface area (TPSA) is 52.2 Å². The summed E-state index contributed by atoms with van der Waals surface area (Å²) in [6.45, 7) is 3.26. The molecule has 2 aromatic heterocycles. The molecular formula is C26H36N4O. The van der Waals surface area contributed by atoms with Gasteiger partial charge >= 0.3 is 0 Å². The fourth-order valence-electron chi connectivity index (χ4n) is 7.45. The largest absolute Gasteiger partial charge is 0.346 e. The zero-order chi connectivity index (χ0) is 20.8. The lowest BCUT2D eigenvalue weighted by Gasteiger charge is -2.57. The zero-order valence-electron chi connectivity index (χ0n) is 18.6. The van der Waals surface area contributed by atoms with Gasteiger partial charge in [0.15, 0.2) is 0 Å². The molecule has 1 amide bonds. The molecule has 1 aliphatic carbocycles. The molecule has 31 heavy (non-hydrogen) atoms. The Bertz CT molecular complexity index is 932. The number of nitrogens with one attached hydrogen (secondary N) is 1. The molecule has 6 rings (SSSR count). The highest BCUT2D eigenvalue weighted by atomic mass is 16.2. The minimum Gasteiger partial charge on any atom is -0.346 e. The number of amides is 1. The van der Waals surface area contributed by atoms with Crippen molar-refractivity contribution in [3.8, 4) is 0 Å². The molecule has 5 nitrogen and oxygen atoms in total. The van der Waals surface area contributed by atoms with E-state index in [-0.39, 0.29) is 0 Å². The van der Waals surface area contributed by atoms with E-state index in [2.05, 4.69) is 32.0 Å². The summed E-state index contributed by atoms with van der Waals surface area (Å²) >= 11 is 0. The minimum atomic E-state index is 0.461. The van der Waals surface area contributed by atoms with Crippen LogP contribution < -0.4 is 0 Å². The second kappa shape index (κ2) is 8.23. The van der Waals surface area contributed by atoms with Gasteiger partial charge in [0.1, 0.15) is 5.65 Å². The van der Waals surface area contributed by atoms with E-state index in [1.54, 1.807) is 0 Å². The highest BCUT2D eigenvalue weighted by molar-refractivity contribution is 5.79. The molecule has 3 aliphatic heterocycles. The van der Waals surface area contributed by atoms with Crippen molar-refractivity contribution in [2.75, 3.05) is 13.1 Å². The Hall–Kier alpha value is -1.88. The average Bonchev–Trinajstić information content (AvgIpc) is 3.20. The molecule has 0 radical (unpaired) electrons. The summed E-state index contributed by atoms with van der Waals surface area (Å²) in [7, 11) is 0. The molecule has 4 atom stereocenters. The normalized spacial score (nSPS) is 32.4. The SMILES string of the molecule is O=C1CCC[C@H]2[C@@H]3C[C@@H](CN(Cc4c[nH]c5ncccc45)C3)[C@H](CC3CCCCC3)N12. The van der Waals surface area contributed by atoms with Crippen molar-refractivity contribution in [3.63, 3.8) is 0 Å². The third kappa shape index (κ3) is 3.69. The summed E-state index contributed by atoms with van der Waals surface area (Å²) < 4.78 is 0. The van der Waals surface area contributed by atoms with Crippen LogP contribution in [0.2, 0.25) is 0 Å². The Morgan fingerprint density at radius 1 is 1.06 bits per heavy atom. The Kier molecular flexibility index (Phi) is 5.25. The van der Waals surface area contributed by atoms with Gasteiger partial charge in [-0.1, -0.05) is 32.1 Å². The van der Waals surface area contributed by atoms with Crippen molar-refractivity contribution >= 4 is 16.9 Å². The molecule has 1 saturated carbocycles. The molecule has 5 heterocycles. The highest BCUT2D eigenvalue weighted by Crippen LogP contribution is 2.45. The van der Waals surface area contributed by atoms with Crippen LogP contribution >= 0.6 is 0 Å². The van der Waals surface area contributed by atoms with Crippen molar-refractivity contribution < 1.29 is 4.79 Å². The first-order valence-corrected chi connectivity index (χ1v) is 12.7. The molecule has 2 bridgehead atoms. The maximum Gasteiger partial charge on any atom is 0.223 e. The molecule has 4 aliphatic rings. The van der Waals surface area contributed by atoms with Crippen LogP contribution in [0.5, 0.6) is 0 Å². The van der Waals surface area contributed by atoms with E-state index in [1.165, 1.54) is 62.3 Å². The van der Waals surface area contributed by atoms with Gasteiger partial charge in [0.25, 0.3) is 0 Å². The summed E-state index contributed by atoms with van der Waals surface area (Å²) in [6.07, 6.45) is 16.6. The van der Waals surface area contributed by atoms with Crippen LogP contribution in [0.15, 0.2) is 24.5 Å². The van der Waals surface area contributed by atoms with Crippen molar-refractivity contribution in [2.24, 2.45) is 17.8 Å².